The maximum absolute atomic E-state index is 10.8. The molecule has 0 radical (unpaired) electrons. The third kappa shape index (κ3) is 5.24. The molecule has 0 aromatic rings. The predicted molar refractivity (Wildman–Crippen MR) is 92.5 cm³/mol. The molecule has 1 unspecified atom stereocenters. The molecule has 1 rings (SSSR count). The molecule has 0 aromatic carbocycles. The van der Waals surface area contributed by atoms with Crippen molar-refractivity contribution in [3.8, 4) is 0 Å². The van der Waals surface area contributed by atoms with Gasteiger partial charge >= 0.3 is 5.97 Å². The van der Waals surface area contributed by atoms with Crippen LogP contribution in [0.5, 0.6) is 0 Å². The largest absolute Gasteiger partial charge is 0.481 e. The first-order chi connectivity index (χ1) is 9.86. The van der Waals surface area contributed by atoms with Gasteiger partial charge in [-0.3, -0.25) is 4.79 Å². The van der Waals surface area contributed by atoms with Crippen LogP contribution < -0.4 is 0 Å². The van der Waals surface area contributed by atoms with E-state index in [1.54, 1.807) is 11.8 Å². The standard InChI is InChI=1S/C18H26O2S/c1-6-15-13(4)7-8-14(5)16(11-12(2)3)18(15)21-10-9-17(19)20/h6,11,14H,4,7-10H2,1-3,5H3,(H,19,20)/b15-6+. The monoisotopic (exact) mass is 306 g/mol. The lowest BCUT2D eigenvalue weighted by atomic mass is 9.96. The van der Waals surface area contributed by atoms with E-state index < -0.39 is 5.97 Å². The fourth-order valence-electron chi connectivity index (χ4n) is 2.48. The Morgan fingerprint density at radius 3 is 2.67 bits per heavy atom. The van der Waals surface area contributed by atoms with E-state index in [4.69, 9.17) is 5.11 Å². The zero-order chi connectivity index (χ0) is 16.0. The number of rotatable bonds is 5. The number of carbonyl (C=O) groups is 1. The summed E-state index contributed by atoms with van der Waals surface area (Å²) in [5, 5.41) is 8.86. The highest BCUT2D eigenvalue weighted by Crippen LogP contribution is 2.41. The average molecular weight is 306 g/mol. The summed E-state index contributed by atoms with van der Waals surface area (Å²) < 4.78 is 0. The van der Waals surface area contributed by atoms with Crippen LogP contribution in [-0.2, 0) is 4.79 Å². The van der Waals surface area contributed by atoms with E-state index in [1.807, 2.05) is 6.92 Å². The van der Waals surface area contributed by atoms with Crippen molar-refractivity contribution in [2.75, 3.05) is 5.75 Å². The Kier molecular flexibility index (Phi) is 7.03. The fraction of sp³-hybridized carbons (Fsp3) is 0.500. The molecular weight excluding hydrogens is 280 g/mol. The van der Waals surface area contributed by atoms with Gasteiger partial charge in [0, 0.05) is 10.7 Å². The minimum absolute atomic E-state index is 0.189. The second-order valence-corrected chi connectivity index (χ2v) is 6.85. The van der Waals surface area contributed by atoms with Crippen molar-refractivity contribution in [1.29, 1.82) is 0 Å². The molecule has 0 heterocycles. The summed E-state index contributed by atoms with van der Waals surface area (Å²) in [5.74, 6) is 0.332. The van der Waals surface area contributed by atoms with Crippen molar-refractivity contribution in [1.82, 2.24) is 0 Å². The average Bonchev–Trinajstić information content (AvgIpc) is 2.50. The van der Waals surface area contributed by atoms with Crippen LogP contribution in [0.15, 0.2) is 45.9 Å². The van der Waals surface area contributed by atoms with Crippen LogP contribution in [-0.4, -0.2) is 16.8 Å². The Labute approximate surface area is 132 Å². The van der Waals surface area contributed by atoms with E-state index in [2.05, 4.69) is 39.5 Å². The van der Waals surface area contributed by atoms with Gasteiger partial charge < -0.3 is 5.11 Å². The zero-order valence-electron chi connectivity index (χ0n) is 13.5. The third-order valence-electron chi connectivity index (χ3n) is 3.59. The minimum atomic E-state index is -0.741. The van der Waals surface area contributed by atoms with Crippen LogP contribution in [0.25, 0.3) is 0 Å². The number of allylic oxidation sites excluding steroid dienone is 6. The fourth-order valence-corrected chi connectivity index (χ4v) is 3.80. The van der Waals surface area contributed by atoms with Crippen molar-refractivity contribution < 1.29 is 9.90 Å². The maximum Gasteiger partial charge on any atom is 0.304 e. The maximum atomic E-state index is 10.8. The number of carboxylic acid groups (broad SMARTS) is 1. The van der Waals surface area contributed by atoms with Gasteiger partial charge in [-0.25, -0.2) is 0 Å². The molecule has 0 aromatic heterocycles. The van der Waals surface area contributed by atoms with E-state index in [0.29, 0.717) is 11.7 Å². The van der Waals surface area contributed by atoms with Crippen LogP contribution in [0.1, 0.15) is 47.0 Å². The van der Waals surface area contributed by atoms with Gasteiger partial charge in [-0.2, -0.15) is 0 Å². The van der Waals surface area contributed by atoms with Crippen LogP contribution in [0.4, 0.5) is 0 Å². The SMILES string of the molecule is C=C1CCC(C)C(C=C(C)C)=C(SCCC(=O)O)/C1=C/C. The molecule has 0 saturated carbocycles. The zero-order valence-corrected chi connectivity index (χ0v) is 14.3. The van der Waals surface area contributed by atoms with Gasteiger partial charge in [0.2, 0.25) is 0 Å². The molecule has 116 valence electrons. The van der Waals surface area contributed by atoms with Gasteiger partial charge in [-0.1, -0.05) is 31.2 Å². The first-order valence-electron chi connectivity index (χ1n) is 7.45. The third-order valence-corrected chi connectivity index (χ3v) is 4.75. The summed E-state index contributed by atoms with van der Waals surface area (Å²) in [6, 6.07) is 0. The lowest BCUT2D eigenvalue weighted by molar-refractivity contribution is -0.136. The minimum Gasteiger partial charge on any atom is -0.481 e. The highest BCUT2D eigenvalue weighted by atomic mass is 32.2. The summed E-state index contributed by atoms with van der Waals surface area (Å²) in [6.07, 6.45) is 6.65. The molecule has 0 fully saturated rings. The summed E-state index contributed by atoms with van der Waals surface area (Å²) >= 11 is 1.65. The molecule has 0 aliphatic heterocycles. The molecule has 3 heteroatoms. The van der Waals surface area contributed by atoms with Crippen molar-refractivity contribution in [3.63, 3.8) is 0 Å². The Morgan fingerprint density at radius 1 is 1.48 bits per heavy atom. The molecule has 0 spiro atoms. The second-order valence-electron chi connectivity index (χ2n) is 5.74. The molecule has 0 bridgehead atoms. The Hall–Kier alpha value is -1.22. The lowest BCUT2D eigenvalue weighted by Gasteiger charge is -2.17. The molecule has 1 aliphatic carbocycles. The van der Waals surface area contributed by atoms with Crippen LogP contribution in [0, 0.1) is 5.92 Å². The number of thioether (sulfide) groups is 1. The van der Waals surface area contributed by atoms with E-state index >= 15 is 0 Å². The first kappa shape index (κ1) is 17.8. The van der Waals surface area contributed by atoms with Crippen LogP contribution in [0.2, 0.25) is 0 Å². The Balaban J connectivity index is 3.23. The van der Waals surface area contributed by atoms with Gasteiger partial charge in [0.15, 0.2) is 0 Å². The summed E-state index contributed by atoms with van der Waals surface area (Å²) in [7, 11) is 0. The molecule has 0 amide bonds. The van der Waals surface area contributed by atoms with Crippen LogP contribution >= 0.6 is 11.8 Å². The van der Waals surface area contributed by atoms with Gasteiger partial charge in [0.1, 0.15) is 0 Å². The second kappa shape index (κ2) is 8.28. The quantitative estimate of drug-likeness (QED) is 0.744. The molecular formula is C18H26O2S. The number of carboxylic acids is 1. The van der Waals surface area contributed by atoms with Crippen molar-refractivity contribution in [3.05, 3.63) is 45.9 Å². The predicted octanol–water partition coefficient (Wildman–Crippen LogP) is 5.35. The highest BCUT2D eigenvalue weighted by Gasteiger charge is 2.22. The molecule has 1 aliphatic rings. The normalized spacial score (nSPS) is 21.4. The van der Waals surface area contributed by atoms with Gasteiger partial charge in [0.25, 0.3) is 0 Å². The van der Waals surface area contributed by atoms with Gasteiger partial charge in [0.05, 0.1) is 6.42 Å². The lowest BCUT2D eigenvalue weighted by Crippen LogP contribution is -2.01. The number of hydrogen-bond donors (Lipinski definition) is 1. The van der Waals surface area contributed by atoms with Crippen LogP contribution in [0.3, 0.4) is 0 Å². The highest BCUT2D eigenvalue weighted by molar-refractivity contribution is 8.03. The van der Waals surface area contributed by atoms with Crippen molar-refractivity contribution in [2.24, 2.45) is 5.92 Å². The molecule has 1 atom stereocenters. The van der Waals surface area contributed by atoms with E-state index in [1.165, 1.54) is 27.2 Å². The van der Waals surface area contributed by atoms with E-state index in [9.17, 15) is 4.79 Å². The van der Waals surface area contributed by atoms with Gasteiger partial charge in [-0.05, 0) is 56.3 Å². The topological polar surface area (TPSA) is 37.3 Å². The van der Waals surface area contributed by atoms with E-state index in [0.717, 1.165) is 12.8 Å². The smallest absolute Gasteiger partial charge is 0.304 e. The first-order valence-corrected chi connectivity index (χ1v) is 8.43. The molecule has 21 heavy (non-hydrogen) atoms. The van der Waals surface area contributed by atoms with Crippen molar-refractivity contribution in [2.45, 2.75) is 47.0 Å². The summed E-state index contributed by atoms with van der Waals surface area (Å²) in [6.45, 7) is 12.7. The molecule has 1 N–H and O–H groups in total. The summed E-state index contributed by atoms with van der Waals surface area (Å²) in [5.41, 5.74) is 4.97. The summed E-state index contributed by atoms with van der Waals surface area (Å²) in [4.78, 5) is 12.0. The van der Waals surface area contributed by atoms with Crippen molar-refractivity contribution >= 4 is 17.7 Å². The molecule has 2 nitrogen and oxygen atoms in total. The number of aliphatic carboxylic acids is 1. The Bertz CT molecular complexity index is 505. The molecule has 0 saturated heterocycles. The number of hydrogen-bond acceptors (Lipinski definition) is 2. The van der Waals surface area contributed by atoms with Gasteiger partial charge in [-0.15, -0.1) is 11.8 Å². The Morgan fingerprint density at radius 2 is 2.14 bits per heavy atom. The van der Waals surface area contributed by atoms with E-state index in [-0.39, 0.29) is 6.42 Å².